The van der Waals surface area contributed by atoms with Crippen LogP contribution in [-0.2, 0) is 24.0 Å². The van der Waals surface area contributed by atoms with Gasteiger partial charge < -0.3 is 19.7 Å². The van der Waals surface area contributed by atoms with E-state index < -0.39 is 18.4 Å². The van der Waals surface area contributed by atoms with Crippen LogP contribution < -0.4 is 0 Å². The molecule has 0 aliphatic heterocycles. The van der Waals surface area contributed by atoms with E-state index in [1.54, 1.807) is 11.8 Å². The molecule has 7 nitrogen and oxygen atoms in total. The highest BCUT2D eigenvalue weighted by Crippen LogP contribution is 2.12. The predicted molar refractivity (Wildman–Crippen MR) is 83.2 cm³/mol. The van der Waals surface area contributed by atoms with Crippen molar-refractivity contribution in [3.05, 3.63) is 12.2 Å². The van der Waals surface area contributed by atoms with Crippen molar-refractivity contribution in [3.8, 4) is 0 Å². The van der Waals surface area contributed by atoms with E-state index in [4.69, 9.17) is 19.2 Å². The Morgan fingerprint density at radius 1 is 1.27 bits per heavy atom. The van der Waals surface area contributed by atoms with Crippen molar-refractivity contribution in [1.82, 2.24) is 0 Å². The second-order valence-electron chi connectivity index (χ2n) is 4.82. The fourth-order valence-corrected chi connectivity index (χ4v) is 2.09. The molecular formula is C14H26O7S. The van der Waals surface area contributed by atoms with Gasteiger partial charge in [0, 0.05) is 30.1 Å². The molecule has 0 saturated carbocycles. The topological polar surface area (TPSA) is 94.5 Å². The maximum atomic E-state index is 11.1. The zero-order valence-corrected chi connectivity index (χ0v) is 14.1. The number of ether oxygens (including phenoxy) is 2. The van der Waals surface area contributed by atoms with Crippen molar-refractivity contribution in [1.29, 1.82) is 0 Å². The highest BCUT2D eigenvalue weighted by atomic mass is 32.2. The summed E-state index contributed by atoms with van der Waals surface area (Å²) >= 11 is 1.59. The number of thioether (sulfide) groups is 1. The van der Waals surface area contributed by atoms with E-state index in [2.05, 4.69) is 6.58 Å². The number of hydrogen-bond donors (Lipinski definition) is 2. The molecule has 0 amide bonds. The molecule has 0 aromatic carbocycles. The lowest BCUT2D eigenvalue weighted by Crippen LogP contribution is -2.24. The SMILES string of the molecule is C=C(C)C(=O)OCC(O)COOCCSCC(C)C(O)OC. The van der Waals surface area contributed by atoms with Gasteiger partial charge in [0.25, 0.3) is 0 Å². The maximum Gasteiger partial charge on any atom is 0.333 e. The van der Waals surface area contributed by atoms with Crippen LogP contribution >= 0.6 is 11.8 Å². The third-order valence-corrected chi connectivity index (χ3v) is 3.74. The quantitative estimate of drug-likeness (QED) is 0.127. The van der Waals surface area contributed by atoms with Gasteiger partial charge in [0.15, 0.2) is 6.29 Å². The van der Waals surface area contributed by atoms with Gasteiger partial charge in [-0.25, -0.2) is 14.6 Å². The minimum atomic E-state index is -0.951. The largest absolute Gasteiger partial charge is 0.460 e. The van der Waals surface area contributed by atoms with Crippen LogP contribution in [0.2, 0.25) is 0 Å². The number of hydrogen-bond acceptors (Lipinski definition) is 8. The number of carbonyl (C=O) groups is 1. The van der Waals surface area contributed by atoms with Gasteiger partial charge in [-0.1, -0.05) is 13.5 Å². The Bertz CT molecular complexity index is 324. The van der Waals surface area contributed by atoms with Crippen LogP contribution in [0.5, 0.6) is 0 Å². The lowest BCUT2D eigenvalue weighted by Gasteiger charge is -2.16. The van der Waals surface area contributed by atoms with Crippen LogP contribution in [-0.4, -0.2) is 67.0 Å². The monoisotopic (exact) mass is 338 g/mol. The smallest absolute Gasteiger partial charge is 0.333 e. The van der Waals surface area contributed by atoms with Gasteiger partial charge in [-0.3, -0.25) is 0 Å². The summed E-state index contributed by atoms with van der Waals surface area (Å²) in [5, 5.41) is 18.9. The molecule has 3 unspecified atom stereocenters. The third-order valence-electron chi connectivity index (χ3n) is 2.52. The minimum Gasteiger partial charge on any atom is -0.460 e. The number of methoxy groups -OCH3 is 1. The Labute approximate surface area is 135 Å². The molecule has 2 N–H and O–H groups in total. The van der Waals surface area contributed by atoms with E-state index in [0.29, 0.717) is 12.4 Å². The first-order chi connectivity index (χ1) is 10.4. The van der Waals surface area contributed by atoms with Crippen molar-refractivity contribution >= 4 is 17.7 Å². The second-order valence-corrected chi connectivity index (χ2v) is 5.97. The molecule has 0 fully saturated rings. The normalized spacial score (nSPS) is 15.1. The molecule has 0 aliphatic carbocycles. The van der Waals surface area contributed by atoms with Crippen LogP contribution in [0.3, 0.4) is 0 Å². The fraction of sp³-hybridized carbons (Fsp3) is 0.786. The van der Waals surface area contributed by atoms with Crippen LogP contribution in [0, 0.1) is 5.92 Å². The van der Waals surface area contributed by atoms with Gasteiger partial charge in [-0.2, -0.15) is 11.8 Å². The number of esters is 1. The summed E-state index contributed by atoms with van der Waals surface area (Å²) < 4.78 is 9.56. The first-order valence-electron chi connectivity index (χ1n) is 6.92. The van der Waals surface area contributed by atoms with E-state index in [1.807, 2.05) is 6.92 Å². The molecule has 0 radical (unpaired) electrons. The van der Waals surface area contributed by atoms with Crippen molar-refractivity contribution in [2.75, 3.05) is 38.4 Å². The summed E-state index contributed by atoms with van der Waals surface area (Å²) in [5.74, 6) is 0.892. The van der Waals surface area contributed by atoms with Gasteiger partial charge >= 0.3 is 5.97 Å². The molecule has 0 heterocycles. The van der Waals surface area contributed by atoms with Crippen LogP contribution in [0.4, 0.5) is 0 Å². The summed E-state index contributed by atoms with van der Waals surface area (Å²) in [6.07, 6.45) is -1.71. The average molecular weight is 338 g/mol. The molecule has 0 aromatic rings. The van der Waals surface area contributed by atoms with Gasteiger partial charge in [0.05, 0.1) is 6.61 Å². The molecule has 0 bridgehead atoms. The molecule has 0 aromatic heterocycles. The Kier molecular flexibility index (Phi) is 12.5. The minimum absolute atomic E-state index is 0.0285. The lowest BCUT2D eigenvalue weighted by atomic mass is 10.2. The van der Waals surface area contributed by atoms with Crippen molar-refractivity contribution in [3.63, 3.8) is 0 Å². The zero-order valence-electron chi connectivity index (χ0n) is 13.3. The van der Waals surface area contributed by atoms with E-state index >= 15 is 0 Å². The van der Waals surface area contributed by atoms with Crippen LogP contribution in [0.1, 0.15) is 13.8 Å². The second kappa shape index (κ2) is 12.9. The maximum absolute atomic E-state index is 11.1. The number of aliphatic hydroxyl groups excluding tert-OH is 2. The van der Waals surface area contributed by atoms with Crippen LogP contribution in [0.15, 0.2) is 12.2 Å². The van der Waals surface area contributed by atoms with Gasteiger partial charge in [0.2, 0.25) is 0 Å². The van der Waals surface area contributed by atoms with Crippen molar-refractivity contribution in [2.45, 2.75) is 26.2 Å². The van der Waals surface area contributed by atoms with Crippen molar-refractivity contribution in [2.24, 2.45) is 5.92 Å². The Morgan fingerprint density at radius 3 is 2.55 bits per heavy atom. The van der Waals surface area contributed by atoms with Gasteiger partial charge in [0.1, 0.15) is 19.3 Å². The van der Waals surface area contributed by atoms with Gasteiger partial charge in [-0.05, 0) is 6.92 Å². The lowest BCUT2D eigenvalue weighted by molar-refractivity contribution is -0.302. The van der Waals surface area contributed by atoms with E-state index in [1.165, 1.54) is 14.0 Å². The molecular weight excluding hydrogens is 312 g/mol. The average Bonchev–Trinajstić information content (AvgIpc) is 2.50. The number of rotatable bonds is 13. The standard InChI is InChI=1S/C14H26O7S/c1-10(2)13(16)19-7-12(15)8-21-20-5-6-22-9-11(3)14(17)18-4/h11-12,14-15,17H,1,5-9H2,2-4H3. The zero-order chi connectivity index (χ0) is 17.0. The molecule has 0 spiro atoms. The summed E-state index contributed by atoms with van der Waals surface area (Å²) in [7, 11) is 1.46. The molecule has 8 heteroatoms. The Balaban J connectivity index is 3.46. The summed E-state index contributed by atoms with van der Waals surface area (Å²) in [6, 6.07) is 0. The van der Waals surface area contributed by atoms with Crippen LogP contribution in [0.25, 0.3) is 0 Å². The Hall–Kier alpha value is -0.640. The van der Waals surface area contributed by atoms with E-state index in [-0.39, 0.29) is 24.7 Å². The molecule has 0 aliphatic rings. The van der Waals surface area contributed by atoms with Crippen molar-refractivity contribution < 1.29 is 34.3 Å². The summed E-state index contributed by atoms with van der Waals surface area (Å²) in [5.41, 5.74) is 0.272. The molecule has 130 valence electrons. The first kappa shape index (κ1) is 21.4. The molecule has 0 rings (SSSR count). The Morgan fingerprint density at radius 2 is 1.95 bits per heavy atom. The summed E-state index contributed by atoms with van der Waals surface area (Å²) in [6.45, 7) is 6.93. The number of aliphatic hydroxyl groups is 2. The summed E-state index contributed by atoms with van der Waals surface area (Å²) in [4.78, 5) is 20.8. The molecule has 0 saturated heterocycles. The fourth-order valence-electron chi connectivity index (χ4n) is 1.21. The molecule has 22 heavy (non-hydrogen) atoms. The first-order valence-corrected chi connectivity index (χ1v) is 8.07. The van der Waals surface area contributed by atoms with E-state index in [0.717, 1.165) is 5.75 Å². The van der Waals surface area contributed by atoms with E-state index in [9.17, 15) is 15.0 Å². The predicted octanol–water partition coefficient (Wildman–Crippen LogP) is 0.749. The van der Waals surface area contributed by atoms with Gasteiger partial charge in [-0.15, -0.1) is 0 Å². The highest BCUT2D eigenvalue weighted by molar-refractivity contribution is 7.99. The number of carbonyl (C=O) groups excluding carboxylic acids is 1. The molecule has 3 atom stereocenters. The third kappa shape index (κ3) is 11.0. The highest BCUT2D eigenvalue weighted by Gasteiger charge is 2.13.